The van der Waals surface area contributed by atoms with Gasteiger partial charge in [-0.1, -0.05) is 6.07 Å². The van der Waals surface area contributed by atoms with Crippen LogP contribution in [0.25, 0.3) is 0 Å². The Morgan fingerprint density at radius 3 is 2.85 bits per heavy atom. The van der Waals surface area contributed by atoms with Gasteiger partial charge in [-0.15, -0.1) is 0 Å². The molecule has 1 aliphatic heterocycles. The molecule has 1 aliphatic rings. The second-order valence-corrected chi connectivity index (χ2v) is 6.64. The number of hydrogen-bond acceptors (Lipinski definition) is 5. The molecule has 1 aromatic heterocycles. The van der Waals surface area contributed by atoms with E-state index in [9.17, 15) is 4.79 Å². The first-order chi connectivity index (χ1) is 12.6. The van der Waals surface area contributed by atoms with Crippen molar-refractivity contribution in [3.8, 4) is 5.75 Å². The van der Waals surface area contributed by atoms with Crippen molar-refractivity contribution in [3.05, 3.63) is 56.8 Å². The molecule has 0 radical (unpaired) electrons. The van der Waals surface area contributed by atoms with E-state index in [1.54, 1.807) is 7.11 Å². The zero-order chi connectivity index (χ0) is 18.5. The number of aryl methyl sites for hydroxylation is 1. The number of benzene rings is 1. The van der Waals surface area contributed by atoms with Crippen molar-refractivity contribution in [3.63, 3.8) is 0 Å². The number of ether oxygens (including phenoxy) is 2. The van der Waals surface area contributed by atoms with Crippen molar-refractivity contribution in [2.24, 2.45) is 0 Å². The number of methoxy groups -OCH3 is 1. The van der Waals surface area contributed by atoms with Crippen LogP contribution < -0.4 is 10.3 Å². The molecule has 0 atom stereocenters. The van der Waals surface area contributed by atoms with E-state index in [4.69, 9.17) is 9.47 Å². The molecule has 1 N–H and O–H groups in total. The first-order valence-electron chi connectivity index (χ1n) is 9.15. The third-order valence-corrected chi connectivity index (χ3v) is 4.78. The molecule has 0 bridgehead atoms. The number of aromatic amines is 1. The second kappa shape index (κ2) is 8.47. The number of hydrogen-bond donors (Lipinski definition) is 1. The molecule has 6 nitrogen and oxygen atoms in total. The van der Waals surface area contributed by atoms with Crippen LogP contribution in [0.3, 0.4) is 0 Å². The predicted octanol–water partition coefficient (Wildman–Crippen LogP) is 2.22. The zero-order valence-electron chi connectivity index (χ0n) is 15.8. The molecule has 0 spiro atoms. The van der Waals surface area contributed by atoms with Gasteiger partial charge in [0.05, 0.1) is 19.4 Å². The summed E-state index contributed by atoms with van der Waals surface area (Å²) in [7, 11) is 1.68. The van der Waals surface area contributed by atoms with E-state index in [1.165, 1.54) is 5.56 Å². The van der Waals surface area contributed by atoms with E-state index >= 15 is 0 Å². The Balaban J connectivity index is 1.72. The highest BCUT2D eigenvalue weighted by Gasteiger charge is 2.18. The smallest absolute Gasteiger partial charge is 0.254 e. The standard InChI is InChI=1S/C20H27N3O3/c1-4-26-13-16-11-15(5-6-19(16)25-3)12-23-9-7-17-18(8-10-23)21-14(2)22-20(17)24/h5-6,11H,4,7-10,12-13H2,1-3H3,(H,21,22,24). The fraction of sp³-hybridized carbons (Fsp3) is 0.500. The van der Waals surface area contributed by atoms with E-state index in [2.05, 4.69) is 27.0 Å². The Hall–Kier alpha value is -2.18. The molecule has 1 aromatic carbocycles. The number of rotatable bonds is 6. The summed E-state index contributed by atoms with van der Waals surface area (Å²) >= 11 is 0. The van der Waals surface area contributed by atoms with Gasteiger partial charge >= 0.3 is 0 Å². The Kier molecular flexibility index (Phi) is 6.06. The van der Waals surface area contributed by atoms with Gasteiger partial charge < -0.3 is 14.5 Å². The summed E-state index contributed by atoms with van der Waals surface area (Å²) in [4.78, 5) is 21.9. The molecule has 0 amide bonds. The average molecular weight is 357 g/mol. The van der Waals surface area contributed by atoms with E-state index in [-0.39, 0.29) is 5.56 Å². The minimum Gasteiger partial charge on any atom is -0.496 e. The third-order valence-electron chi connectivity index (χ3n) is 4.78. The summed E-state index contributed by atoms with van der Waals surface area (Å²) in [6.07, 6.45) is 1.54. The van der Waals surface area contributed by atoms with Gasteiger partial charge in [-0.05, 0) is 38.0 Å². The van der Waals surface area contributed by atoms with Crippen LogP contribution >= 0.6 is 0 Å². The average Bonchev–Trinajstić information content (AvgIpc) is 2.83. The largest absolute Gasteiger partial charge is 0.496 e. The molecule has 0 fully saturated rings. The summed E-state index contributed by atoms with van der Waals surface area (Å²) in [6, 6.07) is 6.26. The van der Waals surface area contributed by atoms with Gasteiger partial charge in [0, 0.05) is 43.8 Å². The molecule has 140 valence electrons. The molecule has 2 heterocycles. The van der Waals surface area contributed by atoms with E-state index in [0.29, 0.717) is 19.0 Å². The zero-order valence-corrected chi connectivity index (χ0v) is 15.8. The van der Waals surface area contributed by atoms with Gasteiger partial charge in [-0.25, -0.2) is 4.98 Å². The van der Waals surface area contributed by atoms with Crippen LogP contribution in [0, 0.1) is 6.92 Å². The van der Waals surface area contributed by atoms with Crippen molar-refractivity contribution < 1.29 is 9.47 Å². The molecule has 0 aliphatic carbocycles. The van der Waals surface area contributed by atoms with Crippen molar-refractivity contribution in [2.45, 2.75) is 39.8 Å². The fourth-order valence-electron chi connectivity index (χ4n) is 3.45. The van der Waals surface area contributed by atoms with Crippen LogP contribution in [-0.2, 0) is 30.7 Å². The lowest BCUT2D eigenvalue weighted by Crippen LogP contribution is -2.26. The molecule has 26 heavy (non-hydrogen) atoms. The molecule has 2 aromatic rings. The van der Waals surface area contributed by atoms with Crippen molar-refractivity contribution >= 4 is 0 Å². The monoisotopic (exact) mass is 357 g/mol. The van der Waals surface area contributed by atoms with Gasteiger partial charge in [0.25, 0.3) is 5.56 Å². The van der Waals surface area contributed by atoms with E-state index in [0.717, 1.165) is 55.0 Å². The van der Waals surface area contributed by atoms with Crippen LogP contribution in [0.1, 0.15) is 35.1 Å². The van der Waals surface area contributed by atoms with Gasteiger partial charge in [0.1, 0.15) is 11.6 Å². The summed E-state index contributed by atoms with van der Waals surface area (Å²) in [6.45, 7) is 7.65. The summed E-state index contributed by atoms with van der Waals surface area (Å²) in [5.41, 5.74) is 4.09. The minimum absolute atomic E-state index is 0.0119. The lowest BCUT2D eigenvalue weighted by molar-refractivity contribution is 0.132. The lowest BCUT2D eigenvalue weighted by Gasteiger charge is -2.20. The highest BCUT2D eigenvalue weighted by molar-refractivity contribution is 5.37. The normalized spacial score (nSPS) is 14.7. The quantitative estimate of drug-likeness (QED) is 0.859. The molecular formula is C20H27N3O3. The molecule has 0 saturated heterocycles. The first kappa shape index (κ1) is 18.6. The highest BCUT2D eigenvalue weighted by Crippen LogP contribution is 2.22. The van der Waals surface area contributed by atoms with Gasteiger partial charge in [0.2, 0.25) is 0 Å². The van der Waals surface area contributed by atoms with Gasteiger partial charge in [-0.3, -0.25) is 9.69 Å². The van der Waals surface area contributed by atoms with Crippen LogP contribution in [0.5, 0.6) is 5.75 Å². The number of H-pyrrole nitrogens is 1. The number of nitrogens with zero attached hydrogens (tertiary/aromatic N) is 2. The van der Waals surface area contributed by atoms with Crippen molar-refractivity contribution in [2.75, 3.05) is 26.8 Å². The summed E-state index contributed by atoms with van der Waals surface area (Å²) < 4.78 is 11.0. The first-order valence-corrected chi connectivity index (χ1v) is 9.15. The number of nitrogens with one attached hydrogen (secondary N) is 1. The maximum Gasteiger partial charge on any atom is 0.254 e. The molecule has 6 heteroatoms. The Morgan fingerprint density at radius 1 is 1.27 bits per heavy atom. The Morgan fingerprint density at radius 2 is 2.08 bits per heavy atom. The van der Waals surface area contributed by atoms with Gasteiger partial charge in [-0.2, -0.15) is 0 Å². The second-order valence-electron chi connectivity index (χ2n) is 6.64. The van der Waals surface area contributed by atoms with Gasteiger partial charge in [0.15, 0.2) is 0 Å². The third kappa shape index (κ3) is 4.31. The van der Waals surface area contributed by atoms with Crippen molar-refractivity contribution in [1.29, 1.82) is 0 Å². The van der Waals surface area contributed by atoms with Crippen LogP contribution in [0.2, 0.25) is 0 Å². The van der Waals surface area contributed by atoms with E-state index < -0.39 is 0 Å². The summed E-state index contributed by atoms with van der Waals surface area (Å²) in [5.74, 6) is 1.55. The molecular weight excluding hydrogens is 330 g/mol. The van der Waals surface area contributed by atoms with Crippen LogP contribution in [0.15, 0.2) is 23.0 Å². The Labute approximate surface area is 154 Å². The SMILES string of the molecule is CCOCc1cc(CN2CCc3nc(C)[nH]c(=O)c3CC2)ccc1OC. The predicted molar refractivity (Wildman–Crippen MR) is 101 cm³/mol. The summed E-state index contributed by atoms with van der Waals surface area (Å²) in [5, 5.41) is 0. The lowest BCUT2D eigenvalue weighted by atomic mass is 10.1. The molecule has 3 rings (SSSR count). The van der Waals surface area contributed by atoms with Crippen LogP contribution in [0.4, 0.5) is 0 Å². The van der Waals surface area contributed by atoms with Crippen molar-refractivity contribution in [1.82, 2.24) is 14.9 Å². The number of aromatic nitrogens is 2. The highest BCUT2D eigenvalue weighted by atomic mass is 16.5. The van der Waals surface area contributed by atoms with E-state index in [1.807, 2.05) is 19.9 Å². The Bertz CT molecular complexity index is 816. The molecule has 0 saturated carbocycles. The van der Waals surface area contributed by atoms with Crippen LogP contribution in [-0.4, -0.2) is 41.7 Å². The fourth-order valence-corrected chi connectivity index (χ4v) is 3.45. The minimum atomic E-state index is 0.0119. The maximum absolute atomic E-state index is 12.2. The topological polar surface area (TPSA) is 67.5 Å². The molecule has 0 unspecified atom stereocenters. The number of fused-ring (bicyclic) bond motifs is 1. The maximum atomic E-state index is 12.2.